The lowest BCUT2D eigenvalue weighted by molar-refractivity contribution is -0.163. The summed E-state index contributed by atoms with van der Waals surface area (Å²) in [7, 11) is 0. The van der Waals surface area contributed by atoms with Crippen LogP contribution in [0.3, 0.4) is 0 Å². The summed E-state index contributed by atoms with van der Waals surface area (Å²) < 4.78 is 44.0. The van der Waals surface area contributed by atoms with Crippen LogP contribution in [0.5, 0.6) is 5.75 Å². The fraction of sp³-hybridized carbons (Fsp3) is 0.600. The summed E-state index contributed by atoms with van der Waals surface area (Å²) in [6.45, 7) is 3.84. The van der Waals surface area contributed by atoms with Gasteiger partial charge in [0.25, 0.3) is 0 Å². The molecule has 2 atom stereocenters. The molecule has 1 aliphatic heterocycles. The monoisotopic (exact) mass is 287 g/mol. The van der Waals surface area contributed by atoms with Crippen LogP contribution in [0.25, 0.3) is 0 Å². The van der Waals surface area contributed by atoms with Gasteiger partial charge in [-0.25, -0.2) is 0 Å². The molecule has 0 amide bonds. The summed E-state index contributed by atoms with van der Waals surface area (Å²) in [6, 6.07) is 5.67. The first kappa shape index (κ1) is 15.2. The number of rotatable bonds is 3. The van der Waals surface area contributed by atoms with Crippen LogP contribution in [0, 0.1) is 0 Å². The number of nitrogens with one attached hydrogen (secondary N) is 1. The number of benzene rings is 1. The summed E-state index contributed by atoms with van der Waals surface area (Å²) in [5.41, 5.74) is 0.858. The molecule has 0 saturated carbocycles. The maximum Gasteiger partial charge on any atom is 0.403 e. The van der Waals surface area contributed by atoms with Crippen molar-refractivity contribution in [1.82, 2.24) is 5.32 Å². The van der Waals surface area contributed by atoms with Crippen LogP contribution in [-0.2, 0) is 0 Å². The molecular formula is C15H20F3NO. The number of ether oxygens (including phenoxy) is 1. The second-order valence-electron chi connectivity index (χ2n) is 5.48. The molecule has 1 fully saturated rings. The molecule has 0 spiro atoms. The van der Waals surface area contributed by atoms with Crippen LogP contribution in [-0.4, -0.2) is 18.3 Å². The van der Waals surface area contributed by atoms with Crippen molar-refractivity contribution in [1.29, 1.82) is 0 Å². The zero-order chi connectivity index (χ0) is 14.8. The normalized spacial score (nSPS) is 23.9. The third-order valence-electron chi connectivity index (χ3n) is 3.42. The van der Waals surface area contributed by atoms with Crippen molar-refractivity contribution < 1.29 is 17.9 Å². The van der Waals surface area contributed by atoms with E-state index in [1.54, 1.807) is 0 Å². The topological polar surface area (TPSA) is 21.3 Å². The quantitative estimate of drug-likeness (QED) is 0.898. The van der Waals surface area contributed by atoms with Crippen LogP contribution in [0.1, 0.15) is 44.7 Å². The molecule has 0 aromatic heterocycles. The Morgan fingerprint density at radius 3 is 2.65 bits per heavy atom. The first-order valence-electron chi connectivity index (χ1n) is 6.95. The smallest absolute Gasteiger partial charge is 0.403 e. The van der Waals surface area contributed by atoms with E-state index in [1.165, 1.54) is 0 Å². The Balaban J connectivity index is 2.11. The molecule has 0 radical (unpaired) electrons. The molecule has 2 nitrogen and oxygen atoms in total. The Bertz CT molecular complexity index is 445. The van der Waals surface area contributed by atoms with Crippen LogP contribution in [0.2, 0.25) is 0 Å². The summed E-state index contributed by atoms with van der Waals surface area (Å²) in [6.07, 6.45) is -2.67. The third kappa shape index (κ3) is 3.88. The Morgan fingerprint density at radius 1 is 1.25 bits per heavy atom. The Labute approximate surface area is 117 Å². The summed E-state index contributed by atoms with van der Waals surface area (Å²) in [4.78, 5) is 0. The van der Waals surface area contributed by atoms with Gasteiger partial charge in [0.1, 0.15) is 11.8 Å². The second-order valence-corrected chi connectivity index (χ2v) is 5.48. The first-order valence-corrected chi connectivity index (χ1v) is 6.95. The maximum atomic E-state index is 12.8. The van der Waals surface area contributed by atoms with E-state index >= 15 is 0 Å². The fourth-order valence-electron chi connectivity index (χ4n) is 2.53. The molecule has 5 heteroatoms. The molecular weight excluding hydrogens is 267 g/mol. The van der Waals surface area contributed by atoms with Crippen molar-refractivity contribution in [3.63, 3.8) is 0 Å². The van der Waals surface area contributed by atoms with Gasteiger partial charge in [-0.3, -0.25) is 5.32 Å². The van der Waals surface area contributed by atoms with Gasteiger partial charge in [0.05, 0.1) is 6.10 Å². The van der Waals surface area contributed by atoms with Crippen molar-refractivity contribution in [2.24, 2.45) is 0 Å². The standard InChI is InChI=1S/C15H20F3NO/c1-10(2)20-12-6-3-5-11(9-12)13-7-4-8-14(19-13)15(16,17)18/h3,5-6,9-10,13-14,19H,4,7-8H2,1-2H3. The lowest BCUT2D eigenvalue weighted by Crippen LogP contribution is -2.46. The van der Waals surface area contributed by atoms with E-state index in [9.17, 15) is 13.2 Å². The van der Waals surface area contributed by atoms with Crippen molar-refractivity contribution >= 4 is 0 Å². The number of halogens is 3. The molecule has 1 aliphatic rings. The van der Waals surface area contributed by atoms with Gasteiger partial charge in [0.2, 0.25) is 0 Å². The molecule has 1 aromatic rings. The predicted molar refractivity (Wildman–Crippen MR) is 71.8 cm³/mol. The third-order valence-corrected chi connectivity index (χ3v) is 3.42. The molecule has 20 heavy (non-hydrogen) atoms. The molecule has 1 saturated heterocycles. The average molecular weight is 287 g/mol. The molecule has 112 valence electrons. The predicted octanol–water partition coefficient (Wildman–Crippen LogP) is 4.22. The highest BCUT2D eigenvalue weighted by Crippen LogP contribution is 2.33. The molecule has 2 rings (SSSR count). The lowest BCUT2D eigenvalue weighted by Gasteiger charge is -2.32. The van der Waals surface area contributed by atoms with Gasteiger partial charge >= 0.3 is 6.18 Å². The van der Waals surface area contributed by atoms with E-state index in [0.29, 0.717) is 12.2 Å². The lowest BCUT2D eigenvalue weighted by atomic mass is 9.93. The Kier molecular flexibility index (Phi) is 4.58. The van der Waals surface area contributed by atoms with E-state index in [4.69, 9.17) is 4.74 Å². The minimum absolute atomic E-state index is 0.0486. The minimum atomic E-state index is -4.18. The van der Waals surface area contributed by atoms with E-state index in [0.717, 1.165) is 12.0 Å². The van der Waals surface area contributed by atoms with Crippen molar-refractivity contribution in [3.8, 4) is 5.75 Å². The van der Waals surface area contributed by atoms with E-state index in [1.807, 2.05) is 38.1 Å². The van der Waals surface area contributed by atoms with Crippen molar-refractivity contribution in [2.45, 2.75) is 57.5 Å². The molecule has 1 heterocycles. The highest BCUT2D eigenvalue weighted by molar-refractivity contribution is 5.31. The molecule has 1 N–H and O–H groups in total. The van der Waals surface area contributed by atoms with Gasteiger partial charge in [0.15, 0.2) is 0 Å². The number of hydrogen-bond donors (Lipinski definition) is 1. The van der Waals surface area contributed by atoms with Gasteiger partial charge in [-0.2, -0.15) is 13.2 Å². The number of hydrogen-bond acceptors (Lipinski definition) is 2. The highest BCUT2D eigenvalue weighted by Gasteiger charge is 2.42. The highest BCUT2D eigenvalue weighted by atomic mass is 19.4. The SMILES string of the molecule is CC(C)Oc1cccc(C2CCCC(C(F)(F)F)N2)c1. The largest absolute Gasteiger partial charge is 0.491 e. The zero-order valence-electron chi connectivity index (χ0n) is 11.7. The number of alkyl halides is 3. The van der Waals surface area contributed by atoms with E-state index in [-0.39, 0.29) is 18.6 Å². The molecule has 2 unspecified atom stereocenters. The van der Waals surface area contributed by atoms with Crippen LogP contribution in [0.15, 0.2) is 24.3 Å². The Hall–Kier alpha value is -1.23. The average Bonchev–Trinajstić information content (AvgIpc) is 2.37. The van der Waals surface area contributed by atoms with Gasteiger partial charge in [-0.05, 0) is 50.8 Å². The van der Waals surface area contributed by atoms with Gasteiger partial charge in [-0.1, -0.05) is 12.1 Å². The number of piperidine rings is 1. The molecule has 0 aliphatic carbocycles. The second kappa shape index (κ2) is 6.04. The maximum absolute atomic E-state index is 12.8. The van der Waals surface area contributed by atoms with Gasteiger partial charge in [-0.15, -0.1) is 0 Å². The van der Waals surface area contributed by atoms with Crippen LogP contribution in [0.4, 0.5) is 13.2 Å². The molecule has 0 bridgehead atoms. The fourth-order valence-corrected chi connectivity index (χ4v) is 2.53. The van der Waals surface area contributed by atoms with Gasteiger partial charge in [0, 0.05) is 6.04 Å². The van der Waals surface area contributed by atoms with Gasteiger partial charge < -0.3 is 4.74 Å². The van der Waals surface area contributed by atoms with Crippen LogP contribution < -0.4 is 10.1 Å². The summed E-state index contributed by atoms with van der Waals surface area (Å²) in [5, 5.41) is 2.71. The Morgan fingerprint density at radius 2 is 2.00 bits per heavy atom. The van der Waals surface area contributed by atoms with Crippen LogP contribution >= 0.6 is 0 Å². The molecule has 1 aromatic carbocycles. The van der Waals surface area contributed by atoms with Crippen molar-refractivity contribution in [3.05, 3.63) is 29.8 Å². The van der Waals surface area contributed by atoms with E-state index < -0.39 is 12.2 Å². The minimum Gasteiger partial charge on any atom is -0.491 e. The zero-order valence-corrected chi connectivity index (χ0v) is 11.7. The summed E-state index contributed by atoms with van der Waals surface area (Å²) in [5.74, 6) is 0.702. The first-order chi connectivity index (χ1) is 9.36. The van der Waals surface area contributed by atoms with Crippen molar-refractivity contribution in [2.75, 3.05) is 0 Å². The van der Waals surface area contributed by atoms with E-state index in [2.05, 4.69) is 5.32 Å². The summed E-state index contributed by atoms with van der Waals surface area (Å²) >= 11 is 0.